The molecule has 0 aromatic heterocycles. The van der Waals surface area contributed by atoms with Crippen molar-refractivity contribution in [3.8, 4) is 5.75 Å². The Balaban J connectivity index is 1.90. The molecule has 4 nitrogen and oxygen atoms in total. The van der Waals surface area contributed by atoms with Crippen LogP contribution in [0.25, 0.3) is 0 Å². The zero-order chi connectivity index (χ0) is 14.9. The number of fused-ring (bicyclic) bond motifs is 1. The number of piperidine rings is 1. The summed E-state index contributed by atoms with van der Waals surface area (Å²) in [4.78, 5) is 15.0. The summed E-state index contributed by atoms with van der Waals surface area (Å²) >= 11 is 0. The van der Waals surface area contributed by atoms with Gasteiger partial charge in [0, 0.05) is 6.54 Å². The molecular weight excluding hydrogens is 264 g/mol. The number of nitrogens with one attached hydrogen (secondary N) is 1. The van der Waals surface area contributed by atoms with Crippen molar-refractivity contribution in [2.75, 3.05) is 24.6 Å². The number of ether oxygens (including phenoxy) is 1. The number of para-hydroxylation sites is 2. The van der Waals surface area contributed by atoms with E-state index in [0.29, 0.717) is 6.61 Å². The molecule has 1 atom stereocenters. The van der Waals surface area contributed by atoms with E-state index in [0.717, 1.165) is 43.8 Å². The van der Waals surface area contributed by atoms with Crippen LogP contribution in [-0.4, -0.2) is 31.6 Å². The van der Waals surface area contributed by atoms with Crippen molar-refractivity contribution in [2.24, 2.45) is 5.41 Å². The number of carbonyl (C=O) groups is 1. The molecule has 0 bridgehead atoms. The lowest BCUT2D eigenvalue weighted by Crippen LogP contribution is -2.56. The van der Waals surface area contributed by atoms with Crippen molar-refractivity contribution in [3.63, 3.8) is 0 Å². The van der Waals surface area contributed by atoms with Gasteiger partial charge in [0.05, 0.1) is 18.3 Å². The van der Waals surface area contributed by atoms with Gasteiger partial charge < -0.3 is 15.0 Å². The lowest BCUT2D eigenvalue weighted by atomic mass is 9.77. The fraction of sp³-hybridized carbons (Fsp3) is 0.588. The van der Waals surface area contributed by atoms with E-state index in [2.05, 4.69) is 19.2 Å². The van der Waals surface area contributed by atoms with Crippen LogP contribution in [0.3, 0.4) is 0 Å². The van der Waals surface area contributed by atoms with Gasteiger partial charge in [0.15, 0.2) is 0 Å². The first-order valence-corrected chi connectivity index (χ1v) is 7.86. The van der Waals surface area contributed by atoms with Gasteiger partial charge in [0.2, 0.25) is 5.91 Å². The van der Waals surface area contributed by atoms with E-state index in [9.17, 15) is 4.79 Å². The van der Waals surface area contributed by atoms with E-state index in [-0.39, 0.29) is 17.4 Å². The molecular formula is C17H24N2O2. The van der Waals surface area contributed by atoms with E-state index in [1.165, 1.54) is 0 Å². The molecule has 2 aliphatic rings. The van der Waals surface area contributed by atoms with Crippen molar-refractivity contribution < 1.29 is 9.53 Å². The lowest BCUT2D eigenvalue weighted by molar-refractivity contribution is -0.124. The number of amides is 1. The number of hydrogen-bond donors (Lipinski definition) is 1. The predicted octanol–water partition coefficient (Wildman–Crippen LogP) is 2.58. The minimum atomic E-state index is -0.114. The molecule has 1 amide bonds. The van der Waals surface area contributed by atoms with Crippen LogP contribution in [0.1, 0.15) is 33.1 Å². The van der Waals surface area contributed by atoms with Gasteiger partial charge >= 0.3 is 0 Å². The molecule has 114 valence electrons. The Labute approximate surface area is 126 Å². The first-order chi connectivity index (χ1) is 10.1. The first-order valence-electron chi connectivity index (χ1n) is 7.86. The van der Waals surface area contributed by atoms with Crippen molar-refractivity contribution in [2.45, 2.75) is 39.2 Å². The summed E-state index contributed by atoms with van der Waals surface area (Å²) in [6, 6.07) is 7.73. The molecule has 21 heavy (non-hydrogen) atoms. The molecule has 3 rings (SSSR count). The van der Waals surface area contributed by atoms with Crippen molar-refractivity contribution in [1.82, 2.24) is 5.32 Å². The second-order valence-corrected chi connectivity index (χ2v) is 6.64. The van der Waals surface area contributed by atoms with E-state index in [4.69, 9.17) is 4.74 Å². The topological polar surface area (TPSA) is 41.6 Å². The summed E-state index contributed by atoms with van der Waals surface area (Å²) < 4.78 is 5.75. The highest BCUT2D eigenvalue weighted by molar-refractivity contribution is 5.99. The maximum Gasteiger partial charge on any atom is 0.244 e. The van der Waals surface area contributed by atoms with E-state index >= 15 is 0 Å². The average Bonchev–Trinajstić information content (AvgIpc) is 2.68. The maximum atomic E-state index is 13.1. The monoisotopic (exact) mass is 288 g/mol. The third-order valence-electron chi connectivity index (χ3n) is 4.58. The number of benzene rings is 1. The fourth-order valence-corrected chi connectivity index (χ4v) is 3.34. The third kappa shape index (κ3) is 2.77. The van der Waals surface area contributed by atoms with Gasteiger partial charge in [-0.05, 0) is 43.4 Å². The van der Waals surface area contributed by atoms with Crippen molar-refractivity contribution in [1.29, 1.82) is 0 Å². The minimum absolute atomic E-state index is 0.00254. The quantitative estimate of drug-likeness (QED) is 0.863. The lowest BCUT2D eigenvalue weighted by Gasteiger charge is -2.40. The van der Waals surface area contributed by atoms with Gasteiger partial charge in [-0.15, -0.1) is 0 Å². The smallest absolute Gasteiger partial charge is 0.244 e. The van der Waals surface area contributed by atoms with Crippen molar-refractivity contribution in [3.05, 3.63) is 24.3 Å². The largest absolute Gasteiger partial charge is 0.491 e. The summed E-state index contributed by atoms with van der Waals surface area (Å²) in [5, 5.41) is 3.43. The van der Waals surface area contributed by atoms with Gasteiger partial charge in [-0.2, -0.15) is 0 Å². The molecule has 1 fully saturated rings. The van der Waals surface area contributed by atoms with Crippen LogP contribution in [0, 0.1) is 5.41 Å². The Hall–Kier alpha value is -1.55. The minimum Gasteiger partial charge on any atom is -0.491 e. The van der Waals surface area contributed by atoms with Gasteiger partial charge in [-0.1, -0.05) is 26.0 Å². The highest BCUT2D eigenvalue weighted by Gasteiger charge is 2.40. The predicted molar refractivity (Wildman–Crippen MR) is 83.7 cm³/mol. The van der Waals surface area contributed by atoms with Crippen LogP contribution in [0.5, 0.6) is 5.75 Å². The van der Waals surface area contributed by atoms with Crippen LogP contribution in [-0.2, 0) is 4.79 Å². The molecule has 4 heteroatoms. The Morgan fingerprint density at radius 1 is 1.33 bits per heavy atom. The van der Waals surface area contributed by atoms with Crippen LogP contribution < -0.4 is 15.0 Å². The average molecular weight is 288 g/mol. The maximum absolute atomic E-state index is 13.1. The molecule has 1 aromatic carbocycles. The molecule has 1 aromatic rings. The normalized spacial score (nSPS) is 24.7. The molecule has 1 unspecified atom stereocenters. The number of nitrogens with zero attached hydrogens (tertiary/aromatic N) is 1. The summed E-state index contributed by atoms with van der Waals surface area (Å²) in [6.45, 7) is 6.68. The second-order valence-electron chi connectivity index (χ2n) is 6.64. The van der Waals surface area contributed by atoms with Crippen molar-refractivity contribution >= 4 is 11.6 Å². The number of carbonyl (C=O) groups excluding carboxylic acids is 1. The first kappa shape index (κ1) is 14.4. The third-order valence-corrected chi connectivity index (χ3v) is 4.58. The van der Waals surface area contributed by atoms with Gasteiger partial charge in [0.1, 0.15) is 5.75 Å². The van der Waals surface area contributed by atoms with Crippen LogP contribution in [0.2, 0.25) is 0 Å². The van der Waals surface area contributed by atoms with E-state index < -0.39 is 0 Å². The standard InChI is InChI=1S/C17H24N2O2/c1-17(2)9-5-10-18-15(17)16(20)19-11-6-12-21-14-8-4-3-7-13(14)19/h3-4,7-8,15,18H,5-6,9-12H2,1-2H3. The molecule has 2 heterocycles. The number of hydrogen-bond acceptors (Lipinski definition) is 3. The second kappa shape index (κ2) is 5.68. The highest BCUT2D eigenvalue weighted by atomic mass is 16.5. The molecule has 1 N–H and O–H groups in total. The molecule has 0 spiro atoms. The number of rotatable bonds is 1. The summed E-state index contributed by atoms with van der Waals surface area (Å²) in [5.74, 6) is 0.995. The Morgan fingerprint density at radius 3 is 2.95 bits per heavy atom. The summed E-state index contributed by atoms with van der Waals surface area (Å²) in [7, 11) is 0. The molecule has 0 saturated carbocycles. The number of anilines is 1. The highest BCUT2D eigenvalue weighted by Crippen LogP contribution is 2.35. The van der Waals surface area contributed by atoms with Crippen LogP contribution >= 0.6 is 0 Å². The Morgan fingerprint density at radius 2 is 2.14 bits per heavy atom. The SMILES string of the molecule is CC1(C)CCCNC1C(=O)N1CCCOc2ccccc21. The Kier molecular flexibility index (Phi) is 3.89. The fourth-order valence-electron chi connectivity index (χ4n) is 3.34. The van der Waals surface area contributed by atoms with E-state index in [1.54, 1.807) is 0 Å². The van der Waals surface area contributed by atoms with Gasteiger partial charge in [-0.3, -0.25) is 4.79 Å². The van der Waals surface area contributed by atoms with E-state index in [1.807, 2.05) is 29.2 Å². The van der Waals surface area contributed by atoms with Gasteiger partial charge in [-0.25, -0.2) is 0 Å². The van der Waals surface area contributed by atoms with Gasteiger partial charge in [0.25, 0.3) is 0 Å². The summed E-state index contributed by atoms with van der Waals surface area (Å²) in [6.07, 6.45) is 3.09. The van der Waals surface area contributed by atoms with Crippen LogP contribution in [0.4, 0.5) is 5.69 Å². The van der Waals surface area contributed by atoms with Crippen LogP contribution in [0.15, 0.2) is 24.3 Å². The molecule has 0 aliphatic carbocycles. The zero-order valence-corrected chi connectivity index (χ0v) is 12.9. The molecule has 2 aliphatic heterocycles. The zero-order valence-electron chi connectivity index (χ0n) is 12.9. The molecule has 1 saturated heterocycles. The Bertz CT molecular complexity index is 527. The molecule has 0 radical (unpaired) electrons. The summed E-state index contributed by atoms with van der Waals surface area (Å²) in [5.41, 5.74) is 0.903.